The van der Waals surface area contributed by atoms with E-state index in [1.807, 2.05) is 6.92 Å². The molecule has 0 bridgehead atoms. The zero-order chi connectivity index (χ0) is 25.0. The summed E-state index contributed by atoms with van der Waals surface area (Å²) in [5, 5.41) is 9.45. The smallest absolute Gasteiger partial charge is 0.417 e. The zero-order valence-corrected chi connectivity index (χ0v) is 19.6. The van der Waals surface area contributed by atoms with Crippen LogP contribution in [0.5, 0.6) is 5.75 Å². The number of aryl methyl sites for hydroxylation is 1. The summed E-state index contributed by atoms with van der Waals surface area (Å²) in [6.07, 6.45) is 0.557. The second-order valence-electron chi connectivity index (χ2n) is 7.85. The van der Waals surface area contributed by atoms with Gasteiger partial charge in [-0.15, -0.1) is 0 Å². The van der Waals surface area contributed by atoms with Gasteiger partial charge in [-0.2, -0.15) is 13.2 Å². The van der Waals surface area contributed by atoms with Crippen LogP contribution < -0.4 is 0 Å². The standard InChI is InChI=1S/C27H31F3O4/c1-3-5-6-7-17-34-26(32)23-13-11-20(22(18-23)9-8-16-33-4-2)10-12-21-14-15-24(31)19-25(21)27(28,29)30/h11,13-15,18-19,31H,3-9,16-17H2,1-2H3. The maximum Gasteiger partial charge on any atom is 0.417 e. The quantitative estimate of drug-likeness (QED) is 0.228. The predicted molar refractivity (Wildman–Crippen MR) is 125 cm³/mol. The first-order chi connectivity index (χ1) is 16.3. The van der Waals surface area contributed by atoms with Gasteiger partial charge in [0.05, 0.1) is 17.7 Å². The van der Waals surface area contributed by atoms with Crippen molar-refractivity contribution in [2.45, 2.75) is 58.5 Å². The molecule has 0 heterocycles. The first kappa shape index (κ1) is 27.3. The van der Waals surface area contributed by atoms with E-state index >= 15 is 0 Å². The number of aromatic hydroxyl groups is 1. The van der Waals surface area contributed by atoms with E-state index in [-0.39, 0.29) is 5.56 Å². The number of hydrogen-bond donors (Lipinski definition) is 1. The number of carbonyl (C=O) groups excluding carboxylic acids is 1. The third-order valence-corrected chi connectivity index (χ3v) is 5.15. The number of benzene rings is 2. The van der Waals surface area contributed by atoms with Crippen LogP contribution in [0.3, 0.4) is 0 Å². The van der Waals surface area contributed by atoms with Crippen molar-refractivity contribution in [1.29, 1.82) is 0 Å². The fraction of sp³-hybridized carbons (Fsp3) is 0.444. The average Bonchev–Trinajstić information content (AvgIpc) is 2.80. The van der Waals surface area contributed by atoms with Gasteiger partial charge in [-0.1, -0.05) is 38.0 Å². The second kappa shape index (κ2) is 13.7. The molecular weight excluding hydrogens is 445 g/mol. The molecule has 0 spiro atoms. The van der Waals surface area contributed by atoms with Gasteiger partial charge in [0, 0.05) is 24.3 Å². The average molecular weight is 477 g/mol. The molecule has 0 unspecified atom stereocenters. The highest BCUT2D eigenvalue weighted by molar-refractivity contribution is 5.89. The van der Waals surface area contributed by atoms with Crippen LogP contribution in [0.25, 0.3) is 0 Å². The molecule has 0 aliphatic rings. The van der Waals surface area contributed by atoms with Crippen LogP contribution >= 0.6 is 0 Å². The highest BCUT2D eigenvalue weighted by Gasteiger charge is 2.33. The van der Waals surface area contributed by atoms with Crippen molar-refractivity contribution >= 4 is 5.97 Å². The van der Waals surface area contributed by atoms with Crippen LogP contribution in [0, 0.1) is 11.8 Å². The van der Waals surface area contributed by atoms with Gasteiger partial charge < -0.3 is 14.6 Å². The highest BCUT2D eigenvalue weighted by atomic mass is 19.4. The lowest BCUT2D eigenvalue weighted by Crippen LogP contribution is -2.08. The third kappa shape index (κ3) is 8.75. The van der Waals surface area contributed by atoms with E-state index in [2.05, 4.69) is 18.8 Å². The Labute approximate surface area is 199 Å². The third-order valence-electron chi connectivity index (χ3n) is 5.15. The van der Waals surface area contributed by atoms with Gasteiger partial charge in [0.1, 0.15) is 5.75 Å². The topological polar surface area (TPSA) is 55.8 Å². The Balaban J connectivity index is 2.28. The number of alkyl halides is 3. The van der Waals surface area contributed by atoms with E-state index in [1.54, 1.807) is 18.2 Å². The molecule has 0 fully saturated rings. The van der Waals surface area contributed by atoms with Crippen molar-refractivity contribution in [1.82, 2.24) is 0 Å². The largest absolute Gasteiger partial charge is 0.508 e. The molecule has 184 valence electrons. The molecule has 0 saturated carbocycles. The summed E-state index contributed by atoms with van der Waals surface area (Å²) in [6.45, 7) is 5.45. The number of ether oxygens (including phenoxy) is 2. The number of hydrogen-bond acceptors (Lipinski definition) is 4. The molecule has 2 aromatic carbocycles. The van der Waals surface area contributed by atoms with Gasteiger partial charge in [-0.3, -0.25) is 0 Å². The van der Waals surface area contributed by atoms with Gasteiger partial charge in [-0.05, 0) is 68.1 Å². The molecule has 4 nitrogen and oxygen atoms in total. The number of carbonyl (C=O) groups is 1. The van der Waals surface area contributed by atoms with Gasteiger partial charge in [0.15, 0.2) is 0 Å². The van der Waals surface area contributed by atoms with Crippen LogP contribution in [0.1, 0.15) is 78.6 Å². The summed E-state index contributed by atoms with van der Waals surface area (Å²) >= 11 is 0. The lowest BCUT2D eigenvalue weighted by atomic mass is 9.99. The monoisotopic (exact) mass is 476 g/mol. The van der Waals surface area contributed by atoms with E-state index in [0.29, 0.717) is 49.9 Å². The number of unbranched alkanes of at least 4 members (excludes halogenated alkanes) is 3. The molecule has 0 aliphatic heterocycles. The lowest BCUT2D eigenvalue weighted by molar-refractivity contribution is -0.137. The highest BCUT2D eigenvalue weighted by Crippen LogP contribution is 2.33. The fourth-order valence-electron chi connectivity index (χ4n) is 3.35. The molecule has 0 atom stereocenters. The summed E-state index contributed by atoms with van der Waals surface area (Å²) in [7, 11) is 0. The Hall–Kier alpha value is -2.98. The summed E-state index contributed by atoms with van der Waals surface area (Å²) < 4.78 is 50.8. The van der Waals surface area contributed by atoms with Crippen molar-refractivity contribution in [2.24, 2.45) is 0 Å². The van der Waals surface area contributed by atoms with Crippen LogP contribution in [0.4, 0.5) is 13.2 Å². The minimum atomic E-state index is -4.65. The maximum atomic E-state index is 13.3. The van der Waals surface area contributed by atoms with Crippen LogP contribution in [0.15, 0.2) is 36.4 Å². The number of phenols is 1. The van der Waals surface area contributed by atoms with E-state index in [1.165, 1.54) is 6.07 Å². The number of rotatable bonds is 11. The van der Waals surface area contributed by atoms with Gasteiger partial charge in [0.2, 0.25) is 0 Å². The van der Waals surface area contributed by atoms with E-state index in [4.69, 9.17) is 9.47 Å². The van der Waals surface area contributed by atoms with E-state index in [0.717, 1.165) is 37.3 Å². The van der Waals surface area contributed by atoms with Crippen LogP contribution in [-0.4, -0.2) is 30.9 Å². The summed E-state index contributed by atoms with van der Waals surface area (Å²) in [5.74, 6) is 4.48. The predicted octanol–water partition coefficient (Wildman–Crippen LogP) is 6.52. The number of phenolic OH excluding ortho intramolecular Hbond substituents is 1. The zero-order valence-electron chi connectivity index (χ0n) is 19.6. The summed E-state index contributed by atoms with van der Waals surface area (Å²) in [5.41, 5.74) is 0.410. The van der Waals surface area contributed by atoms with Gasteiger partial charge >= 0.3 is 12.1 Å². The van der Waals surface area contributed by atoms with Crippen molar-refractivity contribution in [3.63, 3.8) is 0 Å². The Morgan fingerprint density at radius 3 is 2.38 bits per heavy atom. The van der Waals surface area contributed by atoms with E-state index in [9.17, 15) is 23.1 Å². The Morgan fingerprint density at radius 2 is 1.68 bits per heavy atom. The van der Waals surface area contributed by atoms with Crippen molar-refractivity contribution in [3.8, 4) is 17.6 Å². The minimum absolute atomic E-state index is 0.235. The molecule has 2 rings (SSSR count). The Bertz CT molecular complexity index is 1000. The summed E-state index contributed by atoms with van der Waals surface area (Å²) in [6, 6.07) is 7.86. The first-order valence-electron chi connectivity index (χ1n) is 11.6. The van der Waals surface area contributed by atoms with Crippen LogP contribution in [-0.2, 0) is 22.1 Å². The van der Waals surface area contributed by atoms with Crippen LogP contribution in [0.2, 0.25) is 0 Å². The molecule has 0 radical (unpaired) electrons. The molecule has 2 aromatic rings. The lowest BCUT2D eigenvalue weighted by Gasteiger charge is -2.10. The molecule has 0 aromatic heterocycles. The number of halogens is 3. The minimum Gasteiger partial charge on any atom is -0.508 e. The van der Waals surface area contributed by atoms with Gasteiger partial charge in [-0.25, -0.2) is 4.79 Å². The normalized spacial score (nSPS) is 11.1. The first-order valence-corrected chi connectivity index (χ1v) is 11.6. The second-order valence-corrected chi connectivity index (χ2v) is 7.85. The molecule has 0 saturated heterocycles. The molecular formula is C27H31F3O4. The number of esters is 1. The van der Waals surface area contributed by atoms with Crippen molar-refractivity contribution < 1.29 is 32.5 Å². The SMILES string of the molecule is CCCCCCOC(=O)c1ccc(C#Cc2ccc(O)cc2C(F)(F)F)c(CCCOCC)c1. The fourth-order valence-corrected chi connectivity index (χ4v) is 3.35. The molecule has 7 heteroatoms. The maximum absolute atomic E-state index is 13.3. The van der Waals surface area contributed by atoms with Gasteiger partial charge in [0.25, 0.3) is 0 Å². The molecule has 34 heavy (non-hydrogen) atoms. The molecule has 0 aliphatic carbocycles. The molecule has 1 N–H and O–H groups in total. The van der Waals surface area contributed by atoms with E-state index < -0.39 is 23.5 Å². The van der Waals surface area contributed by atoms with Crippen molar-refractivity contribution in [3.05, 3.63) is 64.2 Å². The Morgan fingerprint density at radius 1 is 0.941 bits per heavy atom. The molecule has 0 amide bonds. The van der Waals surface area contributed by atoms with Crippen molar-refractivity contribution in [2.75, 3.05) is 19.8 Å². The summed E-state index contributed by atoms with van der Waals surface area (Å²) in [4.78, 5) is 12.5. The Kier molecular flexibility index (Phi) is 11.0.